The smallest absolute Gasteiger partial charge is 0.194 e. The zero-order valence-corrected chi connectivity index (χ0v) is 26.0. The highest BCUT2D eigenvalue weighted by Crippen LogP contribution is 2.41. The van der Waals surface area contributed by atoms with Gasteiger partial charge in [-0.1, -0.05) is 36.8 Å². The van der Waals surface area contributed by atoms with E-state index in [1.54, 1.807) is 13.0 Å². The summed E-state index contributed by atoms with van der Waals surface area (Å²) in [4.78, 5) is 0. The fourth-order valence-corrected chi connectivity index (χ4v) is 7.53. The van der Waals surface area contributed by atoms with Crippen LogP contribution in [-0.4, -0.2) is 12.7 Å². The van der Waals surface area contributed by atoms with Gasteiger partial charge in [0.15, 0.2) is 29.1 Å². The first-order chi connectivity index (χ1) is 21.7. The van der Waals surface area contributed by atoms with Crippen LogP contribution in [0.5, 0.6) is 0 Å². The molecule has 1 aliphatic heterocycles. The highest BCUT2D eigenvalue weighted by molar-refractivity contribution is 5.63. The highest BCUT2D eigenvalue weighted by atomic mass is 19.2. The van der Waals surface area contributed by atoms with Crippen molar-refractivity contribution in [2.75, 3.05) is 6.61 Å². The molecule has 1 heterocycles. The van der Waals surface area contributed by atoms with Crippen LogP contribution in [0.15, 0.2) is 60.5 Å². The van der Waals surface area contributed by atoms with Gasteiger partial charge in [-0.3, -0.25) is 0 Å². The summed E-state index contributed by atoms with van der Waals surface area (Å²) in [5.41, 5.74) is 1.08. The summed E-state index contributed by atoms with van der Waals surface area (Å²) >= 11 is 0. The molecule has 5 rings (SSSR count). The molecule has 0 N–H and O–H groups in total. The normalized spacial score (nSPS) is 28.5. The summed E-state index contributed by atoms with van der Waals surface area (Å²) in [5, 5.41) is 0. The Morgan fingerprint density at radius 2 is 1.38 bits per heavy atom. The molecule has 1 nitrogen and oxygen atoms in total. The molecule has 2 aliphatic carbocycles. The second kappa shape index (κ2) is 15.7. The van der Waals surface area contributed by atoms with E-state index in [-0.39, 0.29) is 23.5 Å². The van der Waals surface area contributed by atoms with Crippen LogP contribution < -0.4 is 0 Å². The number of allylic oxidation sites excluding steroid dienone is 4. The highest BCUT2D eigenvalue weighted by Gasteiger charge is 2.28. The van der Waals surface area contributed by atoms with Gasteiger partial charge in [-0.05, 0) is 143 Å². The fourth-order valence-electron chi connectivity index (χ4n) is 7.53. The van der Waals surface area contributed by atoms with E-state index in [1.165, 1.54) is 12.1 Å². The van der Waals surface area contributed by atoms with Gasteiger partial charge < -0.3 is 4.74 Å². The Labute approximate surface area is 263 Å². The Kier molecular flexibility index (Phi) is 11.7. The van der Waals surface area contributed by atoms with Crippen LogP contribution in [0.4, 0.5) is 26.3 Å². The molecule has 2 atom stereocenters. The van der Waals surface area contributed by atoms with Crippen LogP contribution in [0.2, 0.25) is 0 Å². The second-order valence-electron chi connectivity index (χ2n) is 13.3. The minimum Gasteiger partial charge on any atom is -0.374 e. The number of hydrogen-bond acceptors (Lipinski definition) is 1. The maximum Gasteiger partial charge on any atom is 0.194 e. The van der Waals surface area contributed by atoms with Gasteiger partial charge in [0.05, 0.1) is 12.7 Å². The van der Waals surface area contributed by atoms with Gasteiger partial charge in [0.25, 0.3) is 0 Å². The molecule has 244 valence electrons. The molecule has 0 radical (unpaired) electrons. The topological polar surface area (TPSA) is 9.23 Å². The lowest BCUT2D eigenvalue weighted by molar-refractivity contribution is 0.00597. The van der Waals surface area contributed by atoms with Gasteiger partial charge >= 0.3 is 0 Å². The van der Waals surface area contributed by atoms with Crippen molar-refractivity contribution < 1.29 is 31.1 Å². The molecule has 3 aliphatic rings. The number of halogens is 6. The summed E-state index contributed by atoms with van der Waals surface area (Å²) in [6.45, 7) is 2.35. The van der Waals surface area contributed by atoms with Gasteiger partial charge in [0, 0.05) is 5.56 Å². The van der Waals surface area contributed by atoms with E-state index in [0.29, 0.717) is 28.9 Å². The molecule has 0 aromatic heterocycles. The molecular weight excluding hydrogens is 586 g/mol. The van der Waals surface area contributed by atoms with Crippen LogP contribution in [0.25, 0.3) is 5.83 Å². The van der Waals surface area contributed by atoms with Crippen molar-refractivity contribution in [3.63, 3.8) is 0 Å². The van der Waals surface area contributed by atoms with Gasteiger partial charge in [0.2, 0.25) is 0 Å². The predicted octanol–water partition coefficient (Wildman–Crippen LogP) is 11.8. The second-order valence-corrected chi connectivity index (χ2v) is 13.3. The minimum absolute atomic E-state index is 0.0579. The van der Waals surface area contributed by atoms with Crippen molar-refractivity contribution in [3.05, 3.63) is 100 Å². The Balaban J connectivity index is 0.992. The van der Waals surface area contributed by atoms with Crippen LogP contribution in [0, 0.1) is 41.0 Å². The molecule has 7 heteroatoms. The maximum absolute atomic E-state index is 14.9. The van der Waals surface area contributed by atoms with E-state index >= 15 is 0 Å². The van der Waals surface area contributed by atoms with Crippen molar-refractivity contribution in [2.24, 2.45) is 17.8 Å². The number of benzene rings is 2. The van der Waals surface area contributed by atoms with Crippen LogP contribution in [0.1, 0.15) is 112 Å². The van der Waals surface area contributed by atoms with Gasteiger partial charge in [0.1, 0.15) is 5.82 Å². The first kappa shape index (κ1) is 33.6. The summed E-state index contributed by atoms with van der Waals surface area (Å²) in [5.74, 6) is -4.39. The van der Waals surface area contributed by atoms with E-state index in [0.717, 1.165) is 108 Å². The third kappa shape index (κ3) is 8.72. The average Bonchev–Trinajstić information content (AvgIpc) is 3.06. The van der Waals surface area contributed by atoms with Crippen molar-refractivity contribution in [2.45, 2.75) is 102 Å². The molecule has 2 aromatic rings. The minimum atomic E-state index is -1.40. The van der Waals surface area contributed by atoms with E-state index in [9.17, 15) is 26.3 Å². The van der Waals surface area contributed by atoms with Crippen molar-refractivity contribution in [1.82, 2.24) is 0 Å². The van der Waals surface area contributed by atoms with E-state index in [2.05, 4.69) is 12.2 Å². The summed E-state index contributed by atoms with van der Waals surface area (Å²) in [6, 6.07) is 6.47. The molecule has 1 saturated heterocycles. The third-order valence-corrected chi connectivity index (χ3v) is 10.3. The molecule has 0 amide bonds. The quantitative estimate of drug-likeness (QED) is 0.116. The number of ether oxygens (including phenoxy) is 1. The molecule has 0 bridgehead atoms. The van der Waals surface area contributed by atoms with Crippen molar-refractivity contribution in [3.8, 4) is 0 Å². The standard InChI is InChI=1S/C38H44F6O/c1-2-3-33(39)37(43)29-16-19-32(34(40)20-29)28-14-8-24(9-15-28)4-5-26-11-18-31(45-23-26)17-10-25-6-12-27(13-7-25)30-21-35(41)38(44)36(42)22-30/h2-3,10,16-17,19-22,24-28,31H,4-9,11-15,18,23H2,1H3/b3-2+,17-10+,37-33+. The molecule has 2 unspecified atom stereocenters. The molecular formula is C38H44F6O. The first-order valence-electron chi connectivity index (χ1n) is 16.6. The molecule has 2 aromatic carbocycles. The zero-order chi connectivity index (χ0) is 31.9. The van der Waals surface area contributed by atoms with Crippen LogP contribution >= 0.6 is 0 Å². The van der Waals surface area contributed by atoms with Crippen molar-refractivity contribution >= 4 is 5.83 Å². The van der Waals surface area contributed by atoms with E-state index in [4.69, 9.17) is 4.74 Å². The van der Waals surface area contributed by atoms with E-state index < -0.39 is 34.9 Å². The average molecular weight is 631 g/mol. The molecule has 45 heavy (non-hydrogen) atoms. The van der Waals surface area contributed by atoms with Crippen molar-refractivity contribution in [1.29, 1.82) is 0 Å². The Bertz CT molecular complexity index is 1350. The molecule has 3 fully saturated rings. The SMILES string of the molecule is C/C=C/C(F)=C(\F)c1ccc(C2CCC(CCC3CCC(/C=C/C4CCC(c5cc(F)c(F)c(F)c5)CC4)OC3)CC2)c(F)c1. The Morgan fingerprint density at radius 1 is 0.733 bits per heavy atom. The molecule has 0 spiro atoms. The van der Waals surface area contributed by atoms with Gasteiger partial charge in [-0.15, -0.1) is 0 Å². The number of rotatable bonds is 9. The summed E-state index contributed by atoms with van der Waals surface area (Å²) < 4.78 is 89.7. The molecule has 2 saturated carbocycles. The predicted molar refractivity (Wildman–Crippen MR) is 167 cm³/mol. The lowest BCUT2D eigenvalue weighted by Gasteiger charge is -2.32. The first-order valence-corrected chi connectivity index (χ1v) is 16.6. The largest absolute Gasteiger partial charge is 0.374 e. The zero-order valence-electron chi connectivity index (χ0n) is 26.0. The van der Waals surface area contributed by atoms with Gasteiger partial charge in [-0.25, -0.2) is 26.3 Å². The lowest BCUT2D eigenvalue weighted by Crippen LogP contribution is -2.25. The summed E-state index contributed by atoms with van der Waals surface area (Å²) in [6.07, 6.45) is 18.8. The number of hydrogen-bond donors (Lipinski definition) is 0. The van der Waals surface area contributed by atoms with Crippen LogP contribution in [0.3, 0.4) is 0 Å². The Morgan fingerprint density at radius 3 is 2.00 bits per heavy atom. The lowest BCUT2D eigenvalue weighted by atomic mass is 9.76. The van der Waals surface area contributed by atoms with Crippen LogP contribution in [-0.2, 0) is 4.74 Å². The summed E-state index contributed by atoms with van der Waals surface area (Å²) in [7, 11) is 0. The van der Waals surface area contributed by atoms with E-state index in [1.807, 2.05) is 0 Å². The third-order valence-electron chi connectivity index (χ3n) is 10.3. The van der Waals surface area contributed by atoms with Gasteiger partial charge in [-0.2, -0.15) is 0 Å². The maximum atomic E-state index is 14.9. The monoisotopic (exact) mass is 630 g/mol. The Hall–Kier alpha value is -2.80. The fraction of sp³-hybridized carbons (Fsp3) is 0.526.